The molecule has 1 aromatic rings. The van der Waals surface area contributed by atoms with Crippen molar-refractivity contribution >= 4 is 11.8 Å². The van der Waals surface area contributed by atoms with Gasteiger partial charge in [0.2, 0.25) is 0 Å². The van der Waals surface area contributed by atoms with Crippen LogP contribution in [0.2, 0.25) is 0 Å². The van der Waals surface area contributed by atoms with Crippen molar-refractivity contribution < 1.29 is 4.74 Å². The van der Waals surface area contributed by atoms with E-state index in [0.717, 1.165) is 24.9 Å². The van der Waals surface area contributed by atoms with Gasteiger partial charge in [0, 0.05) is 30.3 Å². The number of fused-ring (bicyclic) bond motifs is 1. The van der Waals surface area contributed by atoms with Crippen molar-refractivity contribution in [2.24, 2.45) is 5.41 Å². The molecular weight excluding hydrogens is 266 g/mol. The number of rotatable bonds is 8. The second-order valence-electron chi connectivity index (χ2n) is 6.09. The minimum atomic E-state index is 0.382. The maximum atomic E-state index is 5.10. The minimum absolute atomic E-state index is 0.382. The van der Waals surface area contributed by atoms with E-state index in [2.05, 4.69) is 55.2 Å². The SMILES string of the molecule is CCC(C)(CNCCOC)CC1Cc2ccccc2S1. The fraction of sp³-hybridized carbons (Fsp3) is 0.647. The lowest BCUT2D eigenvalue weighted by atomic mass is 9.81. The topological polar surface area (TPSA) is 21.3 Å². The summed E-state index contributed by atoms with van der Waals surface area (Å²) in [5.74, 6) is 0. The zero-order valence-corrected chi connectivity index (χ0v) is 13.8. The number of benzene rings is 1. The van der Waals surface area contributed by atoms with E-state index in [-0.39, 0.29) is 0 Å². The van der Waals surface area contributed by atoms with Gasteiger partial charge in [-0.1, -0.05) is 32.0 Å². The fourth-order valence-corrected chi connectivity index (χ4v) is 4.39. The summed E-state index contributed by atoms with van der Waals surface area (Å²) in [6.07, 6.45) is 3.73. The summed E-state index contributed by atoms with van der Waals surface area (Å²) < 4.78 is 5.10. The number of methoxy groups -OCH3 is 1. The van der Waals surface area contributed by atoms with Gasteiger partial charge < -0.3 is 10.1 Å². The highest BCUT2D eigenvalue weighted by molar-refractivity contribution is 8.00. The number of nitrogens with one attached hydrogen (secondary N) is 1. The summed E-state index contributed by atoms with van der Waals surface area (Å²) in [6.45, 7) is 7.55. The van der Waals surface area contributed by atoms with Gasteiger partial charge >= 0.3 is 0 Å². The molecule has 0 radical (unpaired) electrons. The van der Waals surface area contributed by atoms with E-state index in [9.17, 15) is 0 Å². The third-order valence-electron chi connectivity index (χ3n) is 4.32. The second kappa shape index (κ2) is 7.48. The van der Waals surface area contributed by atoms with E-state index in [4.69, 9.17) is 4.74 Å². The summed E-state index contributed by atoms with van der Waals surface area (Å²) in [5, 5.41) is 4.28. The number of ether oxygens (including phenoxy) is 1. The first-order valence-corrected chi connectivity index (χ1v) is 8.49. The Morgan fingerprint density at radius 2 is 2.20 bits per heavy atom. The third kappa shape index (κ3) is 4.24. The Labute approximate surface area is 127 Å². The molecule has 2 rings (SSSR count). The standard InChI is InChI=1S/C17H27NOS/c1-4-17(2,13-18-9-10-19-3)12-15-11-14-7-5-6-8-16(14)20-15/h5-8,15,18H,4,9-13H2,1-3H3. The molecule has 1 aromatic carbocycles. The van der Waals surface area contributed by atoms with Gasteiger partial charge in [-0.2, -0.15) is 0 Å². The van der Waals surface area contributed by atoms with Crippen LogP contribution in [-0.4, -0.2) is 32.1 Å². The van der Waals surface area contributed by atoms with E-state index in [1.807, 2.05) is 0 Å². The molecule has 0 bridgehead atoms. The third-order valence-corrected chi connectivity index (χ3v) is 5.64. The lowest BCUT2D eigenvalue weighted by molar-refractivity contribution is 0.189. The van der Waals surface area contributed by atoms with Crippen molar-refractivity contribution in [1.29, 1.82) is 0 Å². The lowest BCUT2D eigenvalue weighted by Crippen LogP contribution is -2.35. The molecule has 0 saturated heterocycles. The molecule has 2 atom stereocenters. The molecule has 0 fully saturated rings. The molecule has 1 N–H and O–H groups in total. The highest BCUT2D eigenvalue weighted by Gasteiger charge is 2.30. The predicted molar refractivity (Wildman–Crippen MR) is 87.6 cm³/mol. The minimum Gasteiger partial charge on any atom is -0.383 e. The molecule has 0 amide bonds. The van der Waals surface area contributed by atoms with E-state index in [0.29, 0.717) is 5.41 Å². The van der Waals surface area contributed by atoms with Crippen LogP contribution >= 0.6 is 11.8 Å². The second-order valence-corrected chi connectivity index (χ2v) is 7.43. The van der Waals surface area contributed by atoms with Gasteiger partial charge in [0.1, 0.15) is 0 Å². The first kappa shape index (κ1) is 15.9. The Hall–Kier alpha value is -0.510. The van der Waals surface area contributed by atoms with E-state index in [1.54, 1.807) is 7.11 Å². The number of hydrogen-bond donors (Lipinski definition) is 1. The summed E-state index contributed by atoms with van der Waals surface area (Å²) in [5.41, 5.74) is 1.92. The van der Waals surface area contributed by atoms with Gasteiger partial charge in [0.05, 0.1) is 6.61 Å². The molecule has 3 heteroatoms. The van der Waals surface area contributed by atoms with Crippen LogP contribution in [0.1, 0.15) is 32.3 Å². The smallest absolute Gasteiger partial charge is 0.0587 e. The van der Waals surface area contributed by atoms with Gasteiger partial charge in [0.15, 0.2) is 0 Å². The summed E-state index contributed by atoms with van der Waals surface area (Å²) in [6, 6.07) is 8.86. The quantitative estimate of drug-likeness (QED) is 0.738. The summed E-state index contributed by atoms with van der Waals surface area (Å²) in [7, 11) is 1.76. The van der Waals surface area contributed by atoms with Gasteiger partial charge in [0.25, 0.3) is 0 Å². The average Bonchev–Trinajstić information content (AvgIpc) is 2.85. The molecule has 0 spiro atoms. The van der Waals surface area contributed by atoms with Crippen LogP contribution < -0.4 is 5.32 Å². The van der Waals surface area contributed by atoms with Crippen molar-refractivity contribution in [3.63, 3.8) is 0 Å². The molecule has 0 aliphatic carbocycles. The molecule has 1 heterocycles. The van der Waals surface area contributed by atoms with Crippen LogP contribution in [0.15, 0.2) is 29.2 Å². The van der Waals surface area contributed by atoms with Crippen LogP contribution in [0, 0.1) is 5.41 Å². The van der Waals surface area contributed by atoms with Crippen LogP contribution in [0.3, 0.4) is 0 Å². The predicted octanol–water partition coefficient (Wildman–Crippen LogP) is 3.75. The van der Waals surface area contributed by atoms with Gasteiger partial charge in [-0.25, -0.2) is 0 Å². The molecule has 2 unspecified atom stereocenters. The van der Waals surface area contributed by atoms with Crippen molar-refractivity contribution in [2.75, 3.05) is 26.8 Å². The van der Waals surface area contributed by atoms with Crippen molar-refractivity contribution in [2.45, 2.75) is 43.3 Å². The van der Waals surface area contributed by atoms with Gasteiger partial charge in [-0.3, -0.25) is 0 Å². The zero-order valence-electron chi connectivity index (χ0n) is 12.9. The Balaban J connectivity index is 1.85. The van der Waals surface area contributed by atoms with Gasteiger partial charge in [-0.15, -0.1) is 11.8 Å². The van der Waals surface area contributed by atoms with Crippen molar-refractivity contribution in [3.05, 3.63) is 29.8 Å². The van der Waals surface area contributed by atoms with Gasteiger partial charge in [-0.05, 0) is 36.3 Å². The van der Waals surface area contributed by atoms with Crippen LogP contribution in [0.25, 0.3) is 0 Å². The summed E-state index contributed by atoms with van der Waals surface area (Å²) >= 11 is 2.07. The van der Waals surface area contributed by atoms with Crippen molar-refractivity contribution in [3.8, 4) is 0 Å². The molecule has 1 aliphatic heterocycles. The Bertz CT molecular complexity index is 398. The van der Waals surface area contributed by atoms with Crippen molar-refractivity contribution in [1.82, 2.24) is 5.32 Å². The first-order valence-electron chi connectivity index (χ1n) is 7.61. The van der Waals surface area contributed by atoms with Crippen LogP contribution in [-0.2, 0) is 11.2 Å². The molecule has 112 valence electrons. The van der Waals surface area contributed by atoms with Crippen LogP contribution in [0.4, 0.5) is 0 Å². The van der Waals surface area contributed by atoms with E-state index >= 15 is 0 Å². The Morgan fingerprint density at radius 1 is 1.40 bits per heavy atom. The molecule has 2 nitrogen and oxygen atoms in total. The highest BCUT2D eigenvalue weighted by atomic mass is 32.2. The zero-order chi connectivity index (χ0) is 14.4. The van der Waals surface area contributed by atoms with E-state index in [1.165, 1.54) is 29.7 Å². The largest absolute Gasteiger partial charge is 0.383 e. The Morgan fingerprint density at radius 3 is 2.90 bits per heavy atom. The highest BCUT2D eigenvalue weighted by Crippen LogP contribution is 2.42. The molecular formula is C17H27NOS. The van der Waals surface area contributed by atoms with Crippen LogP contribution in [0.5, 0.6) is 0 Å². The molecule has 20 heavy (non-hydrogen) atoms. The molecule has 1 aliphatic rings. The maximum absolute atomic E-state index is 5.10. The summed E-state index contributed by atoms with van der Waals surface area (Å²) in [4.78, 5) is 1.49. The average molecular weight is 293 g/mol. The molecule has 0 saturated carbocycles. The fourth-order valence-electron chi connectivity index (χ4n) is 2.82. The molecule has 0 aromatic heterocycles. The lowest BCUT2D eigenvalue weighted by Gasteiger charge is -2.31. The normalized spacial score (nSPS) is 20.6. The number of thioether (sulfide) groups is 1. The monoisotopic (exact) mass is 293 g/mol. The first-order chi connectivity index (χ1) is 9.67. The maximum Gasteiger partial charge on any atom is 0.0587 e. The Kier molecular flexibility index (Phi) is 5.94. The number of hydrogen-bond acceptors (Lipinski definition) is 3. The van der Waals surface area contributed by atoms with E-state index < -0.39 is 0 Å².